The van der Waals surface area contributed by atoms with Crippen LogP contribution >= 0.6 is 0 Å². The van der Waals surface area contributed by atoms with Gasteiger partial charge in [-0.15, -0.1) is 0 Å². The highest BCUT2D eigenvalue weighted by molar-refractivity contribution is 5.91. The molecule has 0 aliphatic heterocycles. The molecule has 3 aromatic rings. The van der Waals surface area contributed by atoms with Crippen LogP contribution in [0.3, 0.4) is 0 Å². The first-order valence-electron chi connectivity index (χ1n) is 12.6. The fourth-order valence-corrected chi connectivity index (χ4v) is 4.75. The summed E-state index contributed by atoms with van der Waals surface area (Å²) in [4.78, 5) is 51.2. The molecule has 1 heterocycles. The number of rotatable bonds is 9. The number of benzene rings is 2. The van der Waals surface area contributed by atoms with Crippen molar-refractivity contribution in [3.05, 3.63) is 74.9 Å². The number of aromatic nitrogens is 2. The molecule has 0 spiro atoms. The number of halogens is 2. The number of nitrogens with zero attached hydrogens (tertiary/aromatic N) is 2. The first-order valence-corrected chi connectivity index (χ1v) is 12.6. The summed E-state index contributed by atoms with van der Waals surface area (Å²) in [5, 5.41) is 5.58. The van der Waals surface area contributed by atoms with Crippen molar-refractivity contribution in [3.8, 4) is 0 Å². The molecular formula is C27H30F2N4O4. The molecule has 4 rings (SSSR count). The molecule has 1 aliphatic rings. The van der Waals surface area contributed by atoms with E-state index in [9.17, 15) is 28.0 Å². The Labute approximate surface area is 212 Å². The molecule has 0 unspecified atom stereocenters. The number of nitrogens with one attached hydrogen (secondary N) is 2. The summed E-state index contributed by atoms with van der Waals surface area (Å²) in [7, 11) is 0. The molecule has 8 nitrogen and oxygen atoms in total. The fourth-order valence-electron chi connectivity index (χ4n) is 4.75. The van der Waals surface area contributed by atoms with Crippen molar-refractivity contribution in [1.82, 2.24) is 14.5 Å². The summed E-state index contributed by atoms with van der Waals surface area (Å²) in [6, 6.07) is 9.29. The lowest BCUT2D eigenvalue weighted by Crippen LogP contribution is -2.42. The summed E-state index contributed by atoms with van der Waals surface area (Å²) >= 11 is 0. The van der Waals surface area contributed by atoms with E-state index in [1.54, 1.807) is 24.3 Å². The van der Waals surface area contributed by atoms with E-state index in [1.807, 2.05) is 0 Å². The predicted molar refractivity (Wildman–Crippen MR) is 136 cm³/mol. The van der Waals surface area contributed by atoms with Gasteiger partial charge in [-0.3, -0.25) is 23.5 Å². The Bertz CT molecular complexity index is 1410. The Balaban J connectivity index is 1.47. The normalized spacial score (nSPS) is 14.0. The minimum absolute atomic E-state index is 0.0311. The van der Waals surface area contributed by atoms with Gasteiger partial charge in [-0.1, -0.05) is 31.4 Å². The minimum atomic E-state index is -0.815. The molecule has 0 bridgehead atoms. The van der Waals surface area contributed by atoms with Crippen LogP contribution in [0.4, 0.5) is 14.5 Å². The number of carbonyl (C=O) groups is 2. The van der Waals surface area contributed by atoms with Crippen molar-refractivity contribution < 1.29 is 18.4 Å². The van der Waals surface area contributed by atoms with Gasteiger partial charge in [0.25, 0.3) is 5.56 Å². The van der Waals surface area contributed by atoms with E-state index >= 15 is 0 Å². The van der Waals surface area contributed by atoms with Crippen LogP contribution in [0.2, 0.25) is 0 Å². The molecular weight excluding hydrogens is 482 g/mol. The molecule has 0 atom stereocenters. The number of unbranched alkanes of at least 4 members (excludes halogenated alkanes) is 1. The predicted octanol–water partition coefficient (Wildman–Crippen LogP) is 3.70. The average Bonchev–Trinajstić information content (AvgIpc) is 2.89. The van der Waals surface area contributed by atoms with Crippen molar-refractivity contribution >= 4 is 28.4 Å². The topological polar surface area (TPSA) is 102 Å². The zero-order valence-electron chi connectivity index (χ0n) is 20.5. The van der Waals surface area contributed by atoms with Crippen molar-refractivity contribution in [2.45, 2.75) is 70.5 Å². The van der Waals surface area contributed by atoms with E-state index in [0.717, 1.165) is 53.0 Å². The summed E-state index contributed by atoms with van der Waals surface area (Å²) in [6.07, 6.45) is 6.66. The molecule has 10 heteroatoms. The van der Waals surface area contributed by atoms with Crippen LogP contribution in [-0.4, -0.2) is 27.0 Å². The highest BCUT2D eigenvalue weighted by Crippen LogP contribution is 2.18. The summed E-state index contributed by atoms with van der Waals surface area (Å²) in [5.41, 5.74) is -1.26. The average molecular weight is 513 g/mol. The lowest BCUT2D eigenvalue weighted by molar-refractivity contribution is -0.122. The second-order valence-electron chi connectivity index (χ2n) is 9.37. The van der Waals surface area contributed by atoms with Crippen LogP contribution in [0, 0.1) is 11.6 Å². The van der Waals surface area contributed by atoms with Crippen LogP contribution in [-0.2, 0) is 22.7 Å². The standard InChI is InChI=1S/C27H30F2N4O4/c28-18-13-14-21(29)22(16-18)31-25(35)17-33-23-11-5-4-10-20(23)26(36)32(27(33)37)15-7-6-12-24(34)30-19-8-2-1-3-9-19/h4-5,10-11,13-14,16,19H,1-3,6-9,12,15,17H2,(H,30,34)(H,31,35). The highest BCUT2D eigenvalue weighted by atomic mass is 19.1. The van der Waals surface area contributed by atoms with Gasteiger partial charge in [-0.05, 0) is 49.9 Å². The molecule has 0 saturated heterocycles. The number of para-hydroxylation sites is 1. The molecule has 1 fully saturated rings. The third kappa shape index (κ3) is 6.49. The maximum absolute atomic E-state index is 14.0. The van der Waals surface area contributed by atoms with E-state index in [1.165, 1.54) is 6.42 Å². The van der Waals surface area contributed by atoms with Crippen LogP contribution in [0.1, 0.15) is 51.4 Å². The van der Waals surface area contributed by atoms with Gasteiger partial charge >= 0.3 is 5.69 Å². The molecule has 196 valence electrons. The van der Waals surface area contributed by atoms with Gasteiger partial charge < -0.3 is 10.6 Å². The van der Waals surface area contributed by atoms with Gasteiger partial charge in [0.05, 0.1) is 16.6 Å². The maximum atomic E-state index is 14.0. The molecule has 2 aromatic carbocycles. The SMILES string of the molecule is O=C(Cn1c(=O)n(CCCCC(=O)NC2CCCCC2)c(=O)c2ccccc21)Nc1cc(F)ccc1F. The molecule has 37 heavy (non-hydrogen) atoms. The summed E-state index contributed by atoms with van der Waals surface area (Å²) in [5.74, 6) is -2.32. The van der Waals surface area contributed by atoms with Gasteiger partial charge in [0, 0.05) is 25.1 Å². The maximum Gasteiger partial charge on any atom is 0.331 e. The lowest BCUT2D eigenvalue weighted by atomic mass is 9.95. The Morgan fingerprint density at radius 3 is 2.46 bits per heavy atom. The van der Waals surface area contributed by atoms with E-state index in [2.05, 4.69) is 10.6 Å². The Morgan fingerprint density at radius 1 is 0.919 bits per heavy atom. The van der Waals surface area contributed by atoms with E-state index < -0.39 is 35.3 Å². The minimum Gasteiger partial charge on any atom is -0.353 e. The zero-order chi connectivity index (χ0) is 26.4. The Kier molecular flexibility index (Phi) is 8.47. The van der Waals surface area contributed by atoms with Gasteiger partial charge in [0.2, 0.25) is 11.8 Å². The van der Waals surface area contributed by atoms with Gasteiger partial charge in [-0.2, -0.15) is 0 Å². The largest absolute Gasteiger partial charge is 0.353 e. The van der Waals surface area contributed by atoms with E-state index in [4.69, 9.17) is 0 Å². The van der Waals surface area contributed by atoms with Crippen molar-refractivity contribution in [3.63, 3.8) is 0 Å². The molecule has 1 aromatic heterocycles. The van der Waals surface area contributed by atoms with E-state index in [0.29, 0.717) is 19.3 Å². The molecule has 1 saturated carbocycles. The Morgan fingerprint density at radius 2 is 1.68 bits per heavy atom. The first-order chi connectivity index (χ1) is 17.8. The van der Waals surface area contributed by atoms with Crippen molar-refractivity contribution in [2.75, 3.05) is 5.32 Å². The fraction of sp³-hybridized carbons (Fsp3) is 0.407. The van der Waals surface area contributed by atoms with Gasteiger partial charge in [0.15, 0.2) is 0 Å². The van der Waals surface area contributed by atoms with Gasteiger partial charge in [-0.25, -0.2) is 13.6 Å². The molecule has 2 N–H and O–H groups in total. The van der Waals surface area contributed by atoms with Crippen molar-refractivity contribution in [2.24, 2.45) is 0 Å². The summed E-state index contributed by atoms with van der Waals surface area (Å²) < 4.78 is 29.6. The number of hydrogen-bond acceptors (Lipinski definition) is 4. The third-order valence-corrected chi connectivity index (χ3v) is 6.64. The molecule has 0 radical (unpaired) electrons. The summed E-state index contributed by atoms with van der Waals surface area (Å²) in [6.45, 7) is -0.418. The smallest absolute Gasteiger partial charge is 0.331 e. The number of carbonyl (C=O) groups excluding carboxylic acids is 2. The first kappa shape index (κ1) is 26.2. The second-order valence-corrected chi connectivity index (χ2v) is 9.37. The Hall–Kier alpha value is -3.82. The van der Waals surface area contributed by atoms with Gasteiger partial charge in [0.1, 0.15) is 18.2 Å². The third-order valence-electron chi connectivity index (χ3n) is 6.64. The van der Waals surface area contributed by atoms with Crippen LogP contribution in [0.25, 0.3) is 10.9 Å². The van der Waals surface area contributed by atoms with Crippen LogP contribution < -0.4 is 21.9 Å². The van der Waals surface area contributed by atoms with Crippen LogP contribution in [0.5, 0.6) is 0 Å². The number of hydrogen-bond donors (Lipinski definition) is 2. The number of fused-ring (bicyclic) bond motifs is 1. The monoisotopic (exact) mass is 512 g/mol. The zero-order valence-corrected chi connectivity index (χ0v) is 20.5. The van der Waals surface area contributed by atoms with Crippen molar-refractivity contribution in [1.29, 1.82) is 0 Å². The highest BCUT2D eigenvalue weighted by Gasteiger charge is 2.18. The van der Waals surface area contributed by atoms with E-state index in [-0.39, 0.29) is 35.1 Å². The van der Waals surface area contributed by atoms with Crippen LogP contribution in [0.15, 0.2) is 52.1 Å². The quantitative estimate of drug-likeness (QED) is 0.427. The number of anilines is 1. The second kappa shape index (κ2) is 11.9. The molecule has 2 amide bonds. The molecule has 1 aliphatic carbocycles. The number of amides is 2. The lowest BCUT2D eigenvalue weighted by Gasteiger charge is -2.22.